The van der Waals surface area contributed by atoms with Crippen LogP contribution in [0.3, 0.4) is 0 Å². The van der Waals surface area contributed by atoms with Crippen molar-refractivity contribution in [3.8, 4) is 0 Å². The molecule has 0 N–H and O–H groups in total. The number of halogens is 1. The Bertz CT molecular complexity index is 379. The Hall–Kier alpha value is -0.820. The highest BCUT2D eigenvalue weighted by Gasteiger charge is 1.90. The Kier molecular flexibility index (Phi) is 1.66. The zero-order valence-corrected chi connectivity index (χ0v) is 7.43. The molecular weight excluding hydrogens is 200 g/mol. The topological polar surface area (TPSA) is 0 Å². The van der Waals surface area contributed by atoms with Gasteiger partial charge in [0, 0.05) is 4.47 Å². The predicted molar refractivity (Wildman–Crippen MR) is 50.5 cm³/mol. The molecule has 2 aromatic rings. The van der Waals surface area contributed by atoms with Gasteiger partial charge in [0.15, 0.2) is 0 Å². The summed E-state index contributed by atoms with van der Waals surface area (Å²) in [5.41, 5.74) is 0. The second-order valence-electron chi connectivity index (χ2n) is 2.42. The Morgan fingerprint density at radius 2 is 2.00 bits per heavy atom. The second-order valence-corrected chi connectivity index (χ2v) is 3.33. The SMILES string of the molecule is Brc1ccc2c[c]ccc2c1. The largest absolute Gasteiger partial charge is 0.0537 e. The molecule has 0 aromatic heterocycles. The normalized spacial score (nSPS) is 10.3. The van der Waals surface area contributed by atoms with Gasteiger partial charge in [-0.2, -0.15) is 0 Å². The third kappa shape index (κ3) is 1.29. The number of benzene rings is 2. The van der Waals surface area contributed by atoms with Gasteiger partial charge >= 0.3 is 0 Å². The molecule has 0 amide bonds. The summed E-state index contributed by atoms with van der Waals surface area (Å²) >= 11 is 3.42. The van der Waals surface area contributed by atoms with Gasteiger partial charge in [0.2, 0.25) is 0 Å². The zero-order valence-electron chi connectivity index (χ0n) is 5.84. The van der Waals surface area contributed by atoms with E-state index in [9.17, 15) is 0 Å². The van der Waals surface area contributed by atoms with Gasteiger partial charge in [0.25, 0.3) is 0 Å². The summed E-state index contributed by atoms with van der Waals surface area (Å²) < 4.78 is 1.12. The third-order valence-corrected chi connectivity index (χ3v) is 2.14. The zero-order chi connectivity index (χ0) is 7.68. The number of hydrogen-bond donors (Lipinski definition) is 0. The van der Waals surface area contributed by atoms with Crippen molar-refractivity contribution in [3.05, 3.63) is 46.9 Å². The fourth-order valence-electron chi connectivity index (χ4n) is 1.10. The van der Waals surface area contributed by atoms with Gasteiger partial charge in [-0.25, -0.2) is 0 Å². The molecule has 0 nitrogen and oxygen atoms in total. The molecule has 53 valence electrons. The number of fused-ring (bicyclic) bond motifs is 1. The lowest BCUT2D eigenvalue weighted by atomic mass is 10.1. The van der Waals surface area contributed by atoms with Gasteiger partial charge in [-0.15, -0.1) is 0 Å². The van der Waals surface area contributed by atoms with Gasteiger partial charge in [0.1, 0.15) is 0 Å². The molecule has 0 saturated heterocycles. The van der Waals surface area contributed by atoms with E-state index >= 15 is 0 Å². The predicted octanol–water partition coefficient (Wildman–Crippen LogP) is 3.40. The molecule has 0 aliphatic carbocycles. The van der Waals surface area contributed by atoms with Crippen LogP contribution in [-0.2, 0) is 0 Å². The molecule has 0 saturated carbocycles. The Labute approximate surface area is 74.0 Å². The highest BCUT2D eigenvalue weighted by Crippen LogP contribution is 2.18. The van der Waals surface area contributed by atoms with E-state index in [0.29, 0.717) is 0 Å². The lowest BCUT2D eigenvalue weighted by Crippen LogP contribution is -1.70. The van der Waals surface area contributed by atoms with Crippen LogP contribution in [0.15, 0.2) is 40.9 Å². The van der Waals surface area contributed by atoms with E-state index < -0.39 is 0 Å². The van der Waals surface area contributed by atoms with Crippen molar-refractivity contribution in [2.24, 2.45) is 0 Å². The van der Waals surface area contributed by atoms with Crippen LogP contribution < -0.4 is 0 Å². The minimum absolute atomic E-state index is 1.12. The lowest BCUT2D eigenvalue weighted by molar-refractivity contribution is 1.70. The van der Waals surface area contributed by atoms with E-state index in [-0.39, 0.29) is 0 Å². The van der Waals surface area contributed by atoms with E-state index in [2.05, 4.69) is 40.2 Å². The van der Waals surface area contributed by atoms with Crippen molar-refractivity contribution in [1.82, 2.24) is 0 Å². The van der Waals surface area contributed by atoms with Gasteiger partial charge in [-0.1, -0.05) is 34.1 Å². The smallest absolute Gasteiger partial charge is 0.0181 e. The van der Waals surface area contributed by atoms with Crippen LogP contribution >= 0.6 is 15.9 Å². The average molecular weight is 206 g/mol. The molecule has 0 spiro atoms. The van der Waals surface area contributed by atoms with Gasteiger partial charge in [0.05, 0.1) is 0 Å². The van der Waals surface area contributed by atoms with Crippen molar-refractivity contribution < 1.29 is 0 Å². The molecule has 0 bridgehead atoms. The van der Waals surface area contributed by atoms with Crippen LogP contribution in [0.4, 0.5) is 0 Å². The van der Waals surface area contributed by atoms with E-state index in [0.717, 1.165) is 4.47 Å². The molecule has 11 heavy (non-hydrogen) atoms. The van der Waals surface area contributed by atoms with E-state index in [1.807, 2.05) is 18.2 Å². The number of hydrogen-bond acceptors (Lipinski definition) is 0. The summed E-state index contributed by atoms with van der Waals surface area (Å²) in [6.45, 7) is 0. The maximum atomic E-state index is 3.42. The number of rotatable bonds is 0. The Morgan fingerprint density at radius 1 is 1.09 bits per heavy atom. The quantitative estimate of drug-likeness (QED) is 0.619. The summed E-state index contributed by atoms with van der Waals surface area (Å²) in [7, 11) is 0. The van der Waals surface area contributed by atoms with Gasteiger partial charge in [-0.3, -0.25) is 0 Å². The summed E-state index contributed by atoms with van der Waals surface area (Å²) in [6, 6.07) is 15.2. The standard InChI is InChI=1S/C10H6Br/c11-10-6-5-8-3-1-2-4-9(8)7-10/h2-7H. The first-order valence-electron chi connectivity index (χ1n) is 3.42. The van der Waals surface area contributed by atoms with Crippen molar-refractivity contribution in [2.45, 2.75) is 0 Å². The second kappa shape index (κ2) is 2.67. The van der Waals surface area contributed by atoms with Crippen molar-refractivity contribution in [2.75, 3.05) is 0 Å². The van der Waals surface area contributed by atoms with Gasteiger partial charge in [-0.05, 0) is 35.0 Å². The third-order valence-electron chi connectivity index (χ3n) is 1.65. The molecule has 0 aliphatic rings. The van der Waals surface area contributed by atoms with Crippen LogP contribution in [0, 0.1) is 6.07 Å². The van der Waals surface area contributed by atoms with Crippen LogP contribution in [0.25, 0.3) is 10.8 Å². The van der Waals surface area contributed by atoms with Crippen LogP contribution in [0.2, 0.25) is 0 Å². The molecule has 0 heterocycles. The maximum absolute atomic E-state index is 3.42. The highest BCUT2D eigenvalue weighted by atomic mass is 79.9. The van der Waals surface area contributed by atoms with Crippen LogP contribution in [0.5, 0.6) is 0 Å². The first kappa shape index (κ1) is 6.86. The molecular formula is C10H6Br. The lowest BCUT2D eigenvalue weighted by Gasteiger charge is -1.95. The van der Waals surface area contributed by atoms with Crippen LogP contribution in [0.1, 0.15) is 0 Å². The Morgan fingerprint density at radius 3 is 2.91 bits per heavy atom. The minimum atomic E-state index is 1.12. The van der Waals surface area contributed by atoms with E-state index in [1.54, 1.807) is 0 Å². The van der Waals surface area contributed by atoms with E-state index in [4.69, 9.17) is 0 Å². The Balaban J connectivity index is 2.83. The average Bonchev–Trinajstić information content (AvgIpc) is 2.04. The molecule has 0 aliphatic heterocycles. The molecule has 2 aromatic carbocycles. The minimum Gasteiger partial charge on any atom is -0.0537 e. The summed E-state index contributed by atoms with van der Waals surface area (Å²) in [6.07, 6.45) is 0. The summed E-state index contributed by atoms with van der Waals surface area (Å²) in [5.74, 6) is 0. The monoisotopic (exact) mass is 205 g/mol. The fourth-order valence-corrected chi connectivity index (χ4v) is 1.48. The summed E-state index contributed by atoms with van der Waals surface area (Å²) in [5, 5.41) is 2.48. The van der Waals surface area contributed by atoms with Gasteiger partial charge < -0.3 is 0 Å². The first-order valence-corrected chi connectivity index (χ1v) is 4.21. The van der Waals surface area contributed by atoms with Crippen molar-refractivity contribution in [1.29, 1.82) is 0 Å². The van der Waals surface area contributed by atoms with Crippen molar-refractivity contribution >= 4 is 26.7 Å². The summed E-state index contributed by atoms with van der Waals surface area (Å²) in [4.78, 5) is 0. The molecule has 2 rings (SSSR count). The molecule has 0 atom stereocenters. The van der Waals surface area contributed by atoms with E-state index in [1.165, 1.54) is 10.8 Å². The molecule has 0 unspecified atom stereocenters. The maximum Gasteiger partial charge on any atom is 0.0181 e. The van der Waals surface area contributed by atoms with Crippen LogP contribution in [-0.4, -0.2) is 0 Å². The first-order chi connectivity index (χ1) is 5.36. The molecule has 0 fully saturated rings. The highest BCUT2D eigenvalue weighted by molar-refractivity contribution is 9.10. The fraction of sp³-hybridized carbons (Fsp3) is 0. The molecule has 1 heteroatoms. The molecule has 1 radical (unpaired) electrons. The van der Waals surface area contributed by atoms with Crippen molar-refractivity contribution in [3.63, 3.8) is 0 Å².